The summed E-state index contributed by atoms with van der Waals surface area (Å²) in [7, 11) is -3.56. The summed E-state index contributed by atoms with van der Waals surface area (Å²) in [5.74, 6) is 0.739. The Morgan fingerprint density at radius 2 is 1.80 bits per heavy atom. The molecule has 0 aliphatic rings. The molecule has 20 heavy (non-hydrogen) atoms. The highest BCUT2D eigenvalue weighted by atomic mass is 32.2. The van der Waals surface area contributed by atoms with Crippen molar-refractivity contribution in [2.24, 2.45) is 0 Å². The summed E-state index contributed by atoms with van der Waals surface area (Å²) in [4.78, 5) is 4.03. The molecule has 0 saturated carbocycles. The predicted octanol–water partition coefficient (Wildman–Crippen LogP) is 1.75. The third-order valence-electron chi connectivity index (χ3n) is 2.90. The van der Waals surface area contributed by atoms with Crippen molar-refractivity contribution in [2.45, 2.75) is 50.4 Å². The molecule has 0 aliphatic carbocycles. The SMILES string of the molecule is CC(C)c1cc(CS(=O)(=O)c2n[nH]c(C(C)C)n2)[nH]n1. The average molecular weight is 297 g/mol. The Labute approximate surface area is 118 Å². The zero-order valence-corrected chi connectivity index (χ0v) is 12.8. The molecule has 0 aromatic carbocycles. The molecule has 0 aliphatic heterocycles. The maximum atomic E-state index is 12.2. The van der Waals surface area contributed by atoms with E-state index in [1.165, 1.54) is 0 Å². The van der Waals surface area contributed by atoms with Crippen molar-refractivity contribution in [3.05, 3.63) is 23.3 Å². The van der Waals surface area contributed by atoms with Gasteiger partial charge in [0.15, 0.2) is 0 Å². The van der Waals surface area contributed by atoms with Crippen LogP contribution in [0.5, 0.6) is 0 Å². The van der Waals surface area contributed by atoms with E-state index in [-0.39, 0.29) is 22.7 Å². The van der Waals surface area contributed by atoms with Crippen LogP contribution >= 0.6 is 0 Å². The standard InChI is InChI=1S/C12H19N5O2S/c1-7(2)10-5-9(14-15-10)6-20(18,19)12-13-11(8(3)4)16-17-12/h5,7-8H,6H2,1-4H3,(H,14,15)(H,13,16,17). The fourth-order valence-electron chi connectivity index (χ4n) is 1.67. The second kappa shape index (κ2) is 5.35. The number of nitrogens with one attached hydrogen (secondary N) is 2. The molecule has 110 valence electrons. The van der Waals surface area contributed by atoms with Gasteiger partial charge in [0.25, 0.3) is 5.16 Å². The summed E-state index contributed by atoms with van der Waals surface area (Å²) in [5.41, 5.74) is 1.39. The number of hydrogen-bond acceptors (Lipinski definition) is 5. The lowest BCUT2D eigenvalue weighted by Crippen LogP contribution is -2.07. The van der Waals surface area contributed by atoms with Crippen LogP contribution in [0.4, 0.5) is 0 Å². The normalized spacial score (nSPS) is 12.5. The Morgan fingerprint density at radius 3 is 2.30 bits per heavy atom. The van der Waals surface area contributed by atoms with E-state index in [1.54, 1.807) is 6.07 Å². The van der Waals surface area contributed by atoms with Crippen molar-refractivity contribution in [2.75, 3.05) is 0 Å². The minimum atomic E-state index is -3.56. The van der Waals surface area contributed by atoms with Gasteiger partial charge in [0.05, 0.1) is 17.1 Å². The minimum Gasteiger partial charge on any atom is -0.281 e. The lowest BCUT2D eigenvalue weighted by molar-refractivity contribution is 0.586. The first-order valence-electron chi connectivity index (χ1n) is 6.49. The Kier molecular flexibility index (Phi) is 3.94. The zero-order chi connectivity index (χ0) is 14.9. The third-order valence-corrected chi connectivity index (χ3v) is 4.32. The van der Waals surface area contributed by atoms with Crippen LogP contribution < -0.4 is 0 Å². The number of H-pyrrole nitrogens is 2. The van der Waals surface area contributed by atoms with Gasteiger partial charge in [-0.2, -0.15) is 5.10 Å². The summed E-state index contributed by atoms with van der Waals surface area (Å²) in [6.07, 6.45) is 0. The summed E-state index contributed by atoms with van der Waals surface area (Å²) < 4.78 is 24.4. The largest absolute Gasteiger partial charge is 0.281 e. The molecule has 7 nitrogen and oxygen atoms in total. The number of hydrogen-bond donors (Lipinski definition) is 2. The van der Waals surface area contributed by atoms with Crippen LogP contribution in [-0.2, 0) is 15.6 Å². The molecule has 8 heteroatoms. The van der Waals surface area contributed by atoms with Gasteiger partial charge >= 0.3 is 0 Å². The molecule has 0 amide bonds. The Morgan fingerprint density at radius 1 is 1.10 bits per heavy atom. The van der Waals surface area contributed by atoms with Gasteiger partial charge in [0.1, 0.15) is 5.82 Å². The van der Waals surface area contributed by atoms with Gasteiger partial charge in [0.2, 0.25) is 9.84 Å². The lowest BCUT2D eigenvalue weighted by Gasteiger charge is -1.98. The molecule has 2 aromatic heterocycles. The van der Waals surface area contributed by atoms with Crippen LogP contribution in [0.2, 0.25) is 0 Å². The first kappa shape index (κ1) is 14.7. The highest BCUT2D eigenvalue weighted by Crippen LogP contribution is 2.17. The summed E-state index contributed by atoms with van der Waals surface area (Å²) in [6, 6.07) is 1.76. The van der Waals surface area contributed by atoms with Crippen LogP contribution in [0, 0.1) is 0 Å². The molecule has 2 rings (SSSR count). The second-order valence-electron chi connectivity index (χ2n) is 5.39. The third kappa shape index (κ3) is 3.06. The van der Waals surface area contributed by atoms with Crippen molar-refractivity contribution >= 4 is 9.84 Å². The van der Waals surface area contributed by atoms with Crippen molar-refractivity contribution in [3.63, 3.8) is 0 Å². The Bertz CT molecular complexity index is 684. The number of rotatable bonds is 5. The molecule has 0 atom stereocenters. The second-order valence-corrected chi connectivity index (χ2v) is 7.27. The molecule has 0 saturated heterocycles. The predicted molar refractivity (Wildman–Crippen MR) is 74.0 cm³/mol. The van der Waals surface area contributed by atoms with Crippen LogP contribution in [0.1, 0.15) is 56.7 Å². The van der Waals surface area contributed by atoms with E-state index in [1.807, 2.05) is 27.7 Å². The molecule has 0 bridgehead atoms. The van der Waals surface area contributed by atoms with E-state index in [9.17, 15) is 8.42 Å². The average Bonchev–Trinajstić information content (AvgIpc) is 2.95. The van der Waals surface area contributed by atoms with Gasteiger partial charge in [-0.05, 0) is 12.0 Å². The molecular weight excluding hydrogens is 278 g/mol. The Hall–Kier alpha value is -1.70. The number of aromatic nitrogens is 5. The van der Waals surface area contributed by atoms with Crippen molar-refractivity contribution in [1.29, 1.82) is 0 Å². The van der Waals surface area contributed by atoms with Crippen LogP contribution in [-0.4, -0.2) is 33.8 Å². The van der Waals surface area contributed by atoms with E-state index < -0.39 is 9.84 Å². The molecule has 2 heterocycles. The van der Waals surface area contributed by atoms with Gasteiger partial charge in [-0.25, -0.2) is 13.4 Å². The monoisotopic (exact) mass is 297 g/mol. The first-order valence-corrected chi connectivity index (χ1v) is 8.14. The molecule has 0 unspecified atom stereocenters. The highest BCUT2D eigenvalue weighted by Gasteiger charge is 2.23. The van der Waals surface area contributed by atoms with Crippen LogP contribution in [0.25, 0.3) is 0 Å². The molecule has 0 radical (unpaired) electrons. The number of nitrogens with zero attached hydrogens (tertiary/aromatic N) is 3. The van der Waals surface area contributed by atoms with E-state index in [0.717, 1.165) is 5.69 Å². The number of aromatic amines is 2. The maximum absolute atomic E-state index is 12.2. The van der Waals surface area contributed by atoms with Gasteiger partial charge in [-0.1, -0.05) is 27.7 Å². The lowest BCUT2D eigenvalue weighted by atomic mass is 10.1. The molecular formula is C12H19N5O2S. The molecule has 2 N–H and O–H groups in total. The Balaban J connectivity index is 2.21. The van der Waals surface area contributed by atoms with E-state index >= 15 is 0 Å². The number of sulfone groups is 1. The van der Waals surface area contributed by atoms with Crippen LogP contribution in [0.15, 0.2) is 11.2 Å². The minimum absolute atomic E-state index is 0.103. The summed E-state index contributed by atoms with van der Waals surface area (Å²) >= 11 is 0. The van der Waals surface area contributed by atoms with E-state index in [2.05, 4.69) is 25.4 Å². The molecule has 2 aromatic rings. The van der Waals surface area contributed by atoms with Crippen molar-refractivity contribution < 1.29 is 8.42 Å². The van der Waals surface area contributed by atoms with Crippen LogP contribution in [0.3, 0.4) is 0 Å². The first-order chi connectivity index (χ1) is 9.29. The topological polar surface area (TPSA) is 104 Å². The van der Waals surface area contributed by atoms with Gasteiger partial charge in [-0.15, -0.1) is 5.10 Å². The van der Waals surface area contributed by atoms with Crippen molar-refractivity contribution in [3.8, 4) is 0 Å². The van der Waals surface area contributed by atoms with Gasteiger partial charge in [-0.3, -0.25) is 10.2 Å². The van der Waals surface area contributed by atoms with Gasteiger partial charge < -0.3 is 0 Å². The fourth-order valence-corrected chi connectivity index (χ4v) is 2.78. The van der Waals surface area contributed by atoms with Crippen molar-refractivity contribution in [1.82, 2.24) is 25.4 Å². The fraction of sp³-hybridized carbons (Fsp3) is 0.583. The maximum Gasteiger partial charge on any atom is 0.267 e. The van der Waals surface area contributed by atoms with E-state index in [4.69, 9.17) is 0 Å². The quantitative estimate of drug-likeness (QED) is 0.874. The molecule has 0 fully saturated rings. The smallest absolute Gasteiger partial charge is 0.267 e. The molecule has 0 spiro atoms. The summed E-state index contributed by atoms with van der Waals surface area (Å²) in [5, 5.41) is 13.1. The summed E-state index contributed by atoms with van der Waals surface area (Å²) in [6.45, 7) is 7.83. The zero-order valence-electron chi connectivity index (χ0n) is 12.0. The van der Waals surface area contributed by atoms with Gasteiger partial charge in [0, 0.05) is 5.92 Å². The highest BCUT2D eigenvalue weighted by molar-refractivity contribution is 7.90. The van der Waals surface area contributed by atoms with E-state index in [0.29, 0.717) is 11.5 Å².